The summed E-state index contributed by atoms with van der Waals surface area (Å²) in [5.41, 5.74) is 0. The fourth-order valence-corrected chi connectivity index (χ4v) is 2.37. The maximum atomic E-state index is 13.8. The van der Waals surface area contributed by atoms with Crippen molar-refractivity contribution in [2.24, 2.45) is 0 Å². The zero-order chi connectivity index (χ0) is 12.4. The number of halogens is 2. The van der Waals surface area contributed by atoms with Gasteiger partial charge in [0.25, 0.3) is 0 Å². The molecule has 0 fully saturated rings. The molecule has 0 aliphatic rings. The van der Waals surface area contributed by atoms with E-state index in [4.69, 9.17) is 16.3 Å². The van der Waals surface area contributed by atoms with Crippen molar-refractivity contribution >= 4 is 28.7 Å². The van der Waals surface area contributed by atoms with E-state index in [2.05, 4.69) is 0 Å². The quantitative estimate of drug-likeness (QED) is 0.766. The zero-order valence-electron chi connectivity index (χ0n) is 8.87. The largest absolute Gasteiger partial charge is 0.452 e. The van der Waals surface area contributed by atoms with Crippen LogP contribution in [0.2, 0.25) is 4.34 Å². The van der Waals surface area contributed by atoms with Gasteiger partial charge in [0.1, 0.15) is 15.0 Å². The highest BCUT2D eigenvalue weighted by Crippen LogP contribution is 2.40. The van der Waals surface area contributed by atoms with E-state index in [9.17, 15) is 9.18 Å². The number of hydrogen-bond acceptors (Lipinski definition) is 3. The van der Waals surface area contributed by atoms with Crippen molar-refractivity contribution in [1.82, 2.24) is 0 Å². The Labute approximate surface area is 107 Å². The lowest BCUT2D eigenvalue weighted by molar-refractivity contribution is 0.101. The standard InChI is InChI=1S/C12H8ClFO2S/c1-7(15)11-9(14)10(12(13)17-11)16-8-5-3-2-4-6-8/h2-6H,1H3. The third-order valence-corrected chi connectivity index (χ3v) is 3.49. The fourth-order valence-electron chi connectivity index (χ4n) is 1.29. The molecule has 0 amide bonds. The number of ether oxygens (including phenoxy) is 1. The smallest absolute Gasteiger partial charge is 0.193 e. The van der Waals surface area contributed by atoms with Gasteiger partial charge >= 0.3 is 0 Å². The van der Waals surface area contributed by atoms with Crippen LogP contribution in [0.3, 0.4) is 0 Å². The van der Waals surface area contributed by atoms with Gasteiger partial charge in [0.05, 0.1) is 0 Å². The molecule has 17 heavy (non-hydrogen) atoms. The van der Waals surface area contributed by atoms with Crippen molar-refractivity contribution in [3.8, 4) is 11.5 Å². The summed E-state index contributed by atoms with van der Waals surface area (Å²) in [6, 6.07) is 8.71. The van der Waals surface area contributed by atoms with Gasteiger partial charge in [-0.2, -0.15) is 0 Å². The Balaban J connectivity index is 2.37. The first-order valence-electron chi connectivity index (χ1n) is 4.81. The monoisotopic (exact) mass is 270 g/mol. The third kappa shape index (κ3) is 2.48. The molecule has 0 saturated heterocycles. The van der Waals surface area contributed by atoms with Gasteiger partial charge in [0, 0.05) is 6.92 Å². The van der Waals surface area contributed by atoms with Crippen LogP contribution in [0, 0.1) is 5.82 Å². The summed E-state index contributed by atoms with van der Waals surface area (Å²) in [7, 11) is 0. The number of rotatable bonds is 3. The first-order valence-corrected chi connectivity index (χ1v) is 6.00. The number of ketones is 1. The van der Waals surface area contributed by atoms with Crippen molar-refractivity contribution in [3.63, 3.8) is 0 Å². The summed E-state index contributed by atoms with van der Waals surface area (Å²) in [6.07, 6.45) is 0. The second-order valence-electron chi connectivity index (χ2n) is 3.32. The molecule has 88 valence electrons. The maximum absolute atomic E-state index is 13.8. The SMILES string of the molecule is CC(=O)c1sc(Cl)c(Oc2ccccc2)c1F. The van der Waals surface area contributed by atoms with Crippen LogP contribution in [0.1, 0.15) is 16.6 Å². The van der Waals surface area contributed by atoms with E-state index < -0.39 is 5.82 Å². The minimum atomic E-state index is -0.698. The molecule has 0 bridgehead atoms. The molecule has 5 heteroatoms. The van der Waals surface area contributed by atoms with Gasteiger partial charge in [-0.05, 0) is 12.1 Å². The van der Waals surface area contributed by atoms with Crippen molar-refractivity contribution in [1.29, 1.82) is 0 Å². The molecule has 0 unspecified atom stereocenters. The number of benzene rings is 1. The summed E-state index contributed by atoms with van der Waals surface area (Å²) in [4.78, 5) is 11.1. The fraction of sp³-hybridized carbons (Fsp3) is 0.0833. The van der Waals surface area contributed by atoms with Gasteiger partial charge in [-0.15, -0.1) is 11.3 Å². The van der Waals surface area contributed by atoms with Crippen LogP contribution in [-0.2, 0) is 0 Å². The molecular formula is C12H8ClFO2S. The molecule has 1 aromatic carbocycles. The van der Waals surface area contributed by atoms with Gasteiger partial charge in [-0.25, -0.2) is 4.39 Å². The van der Waals surface area contributed by atoms with E-state index in [0.29, 0.717) is 5.75 Å². The number of Topliss-reactive ketones (excluding diaryl/α,β-unsaturated/α-hetero) is 1. The van der Waals surface area contributed by atoms with Crippen LogP contribution in [0.4, 0.5) is 4.39 Å². The van der Waals surface area contributed by atoms with Crippen molar-refractivity contribution in [3.05, 3.63) is 45.4 Å². The van der Waals surface area contributed by atoms with Crippen LogP contribution in [0.5, 0.6) is 11.5 Å². The molecule has 2 nitrogen and oxygen atoms in total. The number of carbonyl (C=O) groups is 1. The number of para-hydroxylation sites is 1. The van der Waals surface area contributed by atoms with Crippen LogP contribution >= 0.6 is 22.9 Å². The number of hydrogen-bond donors (Lipinski definition) is 0. The molecule has 0 aliphatic carbocycles. The molecule has 0 N–H and O–H groups in total. The van der Waals surface area contributed by atoms with Gasteiger partial charge < -0.3 is 4.74 Å². The highest BCUT2D eigenvalue weighted by atomic mass is 35.5. The summed E-state index contributed by atoms with van der Waals surface area (Å²) < 4.78 is 19.3. The summed E-state index contributed by atoms with van der Waals surface area (Å²) in [6.45, 7) is 1.29. The molecule has 0 spiro atoms. The van der Waals surface area contributed by atoms with Gasteiger partial charge in [0.15, 0.2) is 17.3 Å². The van der Waals surface area contributed by atoms with E-state index in [-0.39, 0.29) is 20.7 Å². The summed E-state index contributed by atoms with van der Waals surface area (Å²) >= 11 is 6.73. The third-order valence-electron chi connectivity index (χ3n) is 2.05. The number of thiophene rings is 1. The average Bonchev–Trinajstić information content (AvgIpc) is 2.58. The van der Waals surface area contributed by atoms with Gasteiger partial charge in [0.2, 0.25) is 0 Å². The van der Waals surface area contributed by atoms with E-state index in [0.717, 1.165) is 11.3 Å². The highest BCUT2D eigenvalue weighted by Gasteiger charge is 2.21. The van der Waals surface area contributed by atoms with E-state index >= 15 is 0 Å². The Kier molecular flexibility index (Phi) is 3.45. The van der Waals surface area contributed by atoms with Crippen LogP contribution < -0.4 is 4.74 Å². The minimum Gasteiger partial charge on any atom is -0.452 e. The second-order valence-corrected chi connectivity index (χ2v) is 4.94. The zero-order valence-corrected chi connectivity index (χ0v) is 10.4. The minimum absolute atomic E-state index is 0.0130. The molecular weight excluding hydrogens is 263 g/mol. The van der Waals surface area contributed by atoms with Crippen molar-refractivity contribution in [2.45, 2.75) is 6.92 Å². The maximum Gasteiger partial charge on any atom is 0.193 e. The summed E-state index contributed by atoms with van der Waals surface area (Å²) in [5, 5.41) is 0. The van der Waals surface area contributed by atoms with Crippen LogP contribution in [0.25, 0.3) is 0 Å². The first kappa shape index (κ1) is 12.1. The predicted octanol–water partition coefficient (Wildman–Crippen LogP) is 4.54. The Hall–Kier alpha value is -1.39. The lowest BCUT2D eigenvalue weighted by Gasteiger charge is -2.03. The molecule has 0 atom stereocenters. The molecule has 2 aromatic rings. The van der Waals surface area contributed by atoms with E-state index in [1.54, 1.807) is 24.3 Å². The molecule has 0 aliphatic heterocycles. The molecule has 0 saturated carbocycles. The van der Waals surface area contributed by atoms with E-state index in [1.807, 2.05) is 6.07 Å². The number of carbonyl (C=O) groups excluding carboxylic acids is 1. The molecule has 2 rings (SSSR count). The Bertz CT molecular complexity index is 551. The van der Waals surface area contributed by atoms with Gasteiger partial charge in [-0.1, -0.05) is 29.8 Å². The highest BCUT2D eigenvalue weighted by molar-refractivity contribution is 7.18. The van der Waals surface area contributed by atoms with Crippen molar-refractivity contribution in [2.75, 3.05) is 0 Å². The molecule has 1 aromatic heterocycles. The lowest BCUT2D eigenvalue weighted by atomic mass is 10.3. The Morgan fingerprint density at radius 1 is 1.35 bits per heavy atom. The average molecular weight is 271 g/mol. The molecule has 0 radical (unpaired) electrons. The second kappa shape index (κ2) is 4.85. The normalized spacial score (nSPS) is 10.3. The lowest BCUT2D eigenvalue weighted by Crippen LogP contribution is -1.92. The first-order chi connectivity index (χ1) is 8.09. The summed E-state index contributed by atoms with van der Waals surface area (Å²) in [5.74, 6) is -0.678. The molecule has 1 heterocycles. The van der Waals surface area contributed by atoms with Crippen LogP contribution in [-0.4, -0.2) is 5.78 Å². The van der Waals surface area contributed by atoms with Crippen molar-refractivity contribution < 1.29 is 13.9 Å². The Morgan fingerprint density at radius 3 is 2.53 bits per heavy atom. The van der Waals surface area contributed by atoms with Crippen LogP contribution in [0.15, 0.2) is 30.3 Å². The van der Waals surface area contributed by atoms with E-state index in [1.165, 1.54) is 6.92 Å². The predicted molar refractivity (Wildman–Crippen MR) is 65.8 cm³/mol. The Morgan fingerprint density at radius 2 is 2.00 bits per heavy atom. The topological polar surface area (TPSA) is 26.3 Å². The van der Waals surface area contributed by atoms with Gasteiger partial charge in [-0.3, -0.25) is 4.79 Å².